The van der Waals surface area contributed by atoms with E-state index in [1.807, 2.05) is 12.1 Å². The minimum atomic E-state index is -0.421. The first-order chi connectivity index (χ1) is 33.7. The van der Waals surface area contributed by atoms with Crippen LogP contribution in [0.3, 0.4) is 0 Å². The fourth-order valence-electron chi connectivity index (χ4n) is 11.1. The molecule has 4 aromatic rings. The summed E-state index contributed by atoms with van der Waals surface area (Å²) in [6, 6.07) is 19.6. The van der Waals surface area contributed by atoms with Crippen LogP contribution in [0.1, 0.15) is 62.5 Å². The second kappa shape index (κ2) is 23.6. The summed E-state index contributed by atoms with van der Waals surface area (Å²) in [6.45, 7) is 10.2. The number of ether oxygens (including phenoxy) is 1. The number of hydrogen-bond acceptors (Lipinski definition) is 10. The Hall–Kier alpha value is -4.14. The number of benzene rings is 4. The number of fused-ring (bicyclic) bond motifs is 4. The van der Waals surface area contributed by atoms with Crippen molar-refractivity contribution < 1.29 is 28.5 Å². The standard InChI is InChI=1S/C26H31Cl2FN4O2.C19H28FN3O.C7H3Cl2NO/c27-21-3-2-19(14-22(21)28)31-25(35)33-9-5-17(6-10-33)24(34)15-32-11-7-26(8-12-32)16-30-23-4-1-18(29)13-20(23)26;20-15-1-2-17-16(11-15)19(13-22-17)5-9-23(10-6-19)12-18(24)14-3-7-21-8-4-14;8-6-2-1-5(11-4-10)3-7(6)9/h1-4,13-14,17,24,30,34H,5-12,15-16H2,(H,31,35);1-2,11,14,18,21-22,24H,3-10,12-13H2;1-3H. The Bertz CT molecular complexity index is 2470. The van der Waals surface area contributed by atoms with Gasteiger partial charge in [-0.25, -0.2) is 13.6 Å². The lowest BCUT2D eigenvalue weighted by atomic mass is 9.74. The van der Waals surface area contributed by atoms with Gasteiger partial charge in [0, 0.05) is 73.2 Å². The molecule has 2 amide bonds. The maximum Gasteiger partial charge on any atom is 0.321 e. The first kappa shape index (κ1) is 52.2. The molecule has 18 heteroatoms. The Balaban J connectivity index is 0.000000162. The Kier molecular flexibility index (Phi) is 17.6. The molecule has 4 saturated heterocycles. The van der Waals surface area contributed by atoms with Gasteiger partial charge in [-0.15, -0.1) is 5.26 Å². The molecule has 2 atom stereocenters. The Morgan fingerprint density at radius 1 is 0.686 bits per heavy atom. The number of nitrogens with zero attached hydrogens (tertiary/aromatic N) is 4. The summed E-state index contributed by atoms with van der Waals surface area (Å²) in [4.78, 5) is 19.1. The Morgan fingerprint density at radius 2 is 1.17 bits per heavy atom. The van der Waals surface area contributed by atoms with Gasteiger partial charge in [0.1, 0.15) is 17.4 Å². The Morgan fingerprint density at radius 3 is 1.66 bits per heavy atom. The molecule has 376 valence electrons. The third-order valence-corrected chi connectivity index (χ3v) is 16.9. The summed E-state index contributed by atoms with van der Waals surface area (Å²) in [5, 5.41) is 44.4. The number of piperidine rings is 4. The minimum absolute atomic E-state index is 0.00803. The SMILES string of the molecule is N#COc1ccc(Cl)c(Cl)c1.O=C(Nc1ccc(Cl)c(Cl)c1)N1CCC(C(O)CN2CCC3(CC2)CNc2ccc(F)cc23)CC1.OC(CN1CCC2(CC1)CNc1ccc(F)cc12)C1CCNCC1. The predicted molar refractivity (Wildman–Crippen MR) is 275 cm³/mol. The van der Waals surface area contributed by atoms with Gasteiger partial charge in [0.25, 0.3) is 6.26 Å². The zero-order chi connectivity index (χ0) is 49.4. The monoisotopic (exact) mass is 1040 g/mol. The van der Waals surface area contributed by atoms with Gasteiger partial charge in [-0.05, 0) is 180 Å². The fourth-order valence-corrected chi connectivity index (χ4v) is 11.7. The van der Waals surface area contributed by atoms with Gasteiger partial charge in [0.2, 0.25) is 0 Å². The Labute approximate surface area is 429 Å². The van der Waals surface area contributed by atoms with E-state index in [-0.39, 0.29) is 40.5 Å². The number of likely N-dealkylation sites (tertiary alicyclic amines) is 3. The van der Waals surface area contributed by atoms with Crippen molar-refractivity contribution in [3.05, 3.63) is 116 Å². The van der Waals surface area contributed by atoms with Crippen LogP contribution >= 0.6 is 46.4 Å². The van der Waals surface area contributed by atoms with E-state index in [9.17, 15) is 23.8 Å². The highest BCUT2D eigenvalue weighted by atomic mass is 35.5. The second-order valence-electron chi connectivity index (χ2n) is 19.6. The predicted octanol–water partition coefficient (Wildman–Crippen LogP) is 10.00. The molecule has 4 fully saturated rings. The lowest BCUT2D eigenvalue weighted by Crippen LogP contribution is -2.49. The summed E-state index contributed by atoms with van der Waals surface area (Å²) in [7, 11) is 0. The van der Waals surface area contributed by atoms with E-state index in [1.54, 1.807) is 47.4 Å². The number of nitrogens with one attached hydrogen (secondary N) is 4. The zero-order valence-electron chi connectivity index (χ0n) is 39.1. The number of amides is 2. The van der Waals surface area contributed by atoms with Gasteiger partial charge in [-0.2, -0.15) is 0 Å². The van der Waals surface area contributed by atoms with Crippen LogP contribution in [0.4, 0.5) is 30.6 Å². The van der Waals surface area contributed by atoms with Crippen LogP contribution in [-0.4, -0.2) is 122 Å². The van der Waals surface area contributed by atoms with E-state index < -0.39 is 6.10 Å². The summed E-state index contributed by atoms with van der Waals surface area (Å²) >= 11 is 23.2. The lowest BCUT2D eigenvalue weighted by molar-refractivity contribution is 0.0266. The van der Waals surface area contributed by atoms with Gasteiger partial charge < -0.3 is 50.9 Å². The van der Waals surface area contributed by atoms with Gasteiger partial charge in [0.15, 0.2) is 0 Å². The molecule has 12 nitrogen and oxygen atoms in total. The zero-order valence-corrected chi connectivity index (χ0v) is 42.2. The quantitative estimate of drug-likeness (QED) is 0.0943. The molecule has 0 radical (unpaired) electrons. The van der Waals surface area contributed by atoms with E-state index >= 15 is 0 Å². The maximum absolute atomic E-state index is 13.9. The van der Waals surface area contributed by atoms with Crippen molar-refractivity contribution in [3.63, 3.8) is 0 Å². The van der Waals surface area contributed by atoms with E-state index in [0.29, 0.717) is 57.1 Å². The summed E-state index contributed by atoms with van der Waals surface area (Å²) in [5.74, 6) is 0.678. The van der Waals surface area contributed by atoms with Gasteiger partial charge in [-0.1, -0.05) is 46.4 Å². The molecule has 0 aliphatic carbocycles. The van der Waals surface area contributed by atoms with Crippen LogP contribution in [0.2, 0.25) is 20.1 Å². The van der Waals surface area contributed by atoms with Crippen LogP contribution in [0.15, 0.2) is 72.8 Å². The summed E-state index contributed by atoms with van der Waals surface area (Å²) in [6.07, 6.45) is 8.57. The molecular weight excluding hydrogens is 980 g/mol. The first-order valence-electron chi connectivity index (χ1n) is 24.3. The second-order valence-corrected chi connectivity index (χ2v) is 21.3. The molecular formula is C52H62Cl4F2N8O4. The topological polar surface area (TPSA) is 148 Å². The maximum atomic E-state index is 13.9. The number of carbonyl (C=O) groups excluding carboxylic acids is 1. The molecule has 0 bridgehead atoms. The van der Waals surface area contributed by atoms with E-state index in [2.05, 4.69) is 35.8 Å². The molecule has 2 unspecified atom stereocenters. The van der Waals surface area contributed by atoms with Crippen molar-refractivity contribution in [2.75, 3.05) is 94.5 Å². The van der Waals surface area contributed by atoms with Crippen molar-refractivity contribution in [2.45, 2.75) is 74.4 Å². The first-order valence-corrected chi connectivity index (χ1v) is 25.9. The van der Waals surface area contributed by atoms with Gasteiger partial charge in [0.05, 0.1) is 32.3 Å². The van der Waals surface area contributed by atoms with E-state index in [1.165, 1.54) is 24.5 Å². The molecule has 0 aromatic heterocycles. The highest BCUT2D eigenvalue weighted by molar-refractivity contribution is 6.42. The number of anilines is 3. The molecule has 10 rings (SSSR count). The van der Waals surface area contributed by atoms with Crippen molar-refractivity contribution in [1.82, 2.24) is 20.0 Å². The molecule has 70 heavy (non-hydrogen) atoms. The van der Waals surface area contributed by atoms with Crippen molar-refractivity contribution in [2.24, 2.45) is 11.8 Å². The normalized spacial score (nSPS) is 20.6. The van der Waals surface area contributed by atoms with Gasteiger partial charge >= 0.3 is 6.03 Å². The average molecular weight is 1040 g/mol. The smallest absolute Gasteiger partial charge is 0.321 e. The van der Waals surface area contributed by atoms with Crippen molar-refractivity contribution >= 4 is 69.5 Å². The number of urea groups is 1. The number of nitriles is 1. The third kappa shape index (κ3) is 12.7. The van der Waals surface area contributed by atoms with Crippen LogP contribution in [0.25, 0.3) is 0 Å². The molecule has 6 aliphatic heterocycles. The molecule has 6 heterocycles. The van der Waals surface area contributed by atoms with Gasteiger partial charge in [-0.3, -0.25) is 0 Å². The number of hydrogen-bond donors (Lipinski definition) is 6. The largest absolute Gasteiger partial charge is 0.392 e. The fraction of sp³-hybridized carbons (Fsp3) is 0.500. The number of aliphatic hydroxyl groups is 2. The summed E-state index contributed by atoms with van der Waals surface area (Å²) < 4.78 is 32.0. The molecule has 2 spiro atoms. The summed E-state index contributed by atoms with van der Waals surface area (Å²) in [5.41, 5.74) is 5.08. The molecule has 0 saturated carbocycles. The van der Waals surface area contributed by atoms with Crippen molar-refractivity contribution in [3.8, 4) is 12.0 Å². The number of aliphatic hydroxyl groups excluding tert-OH is 2. The van der Waals surface area contributed by atoms with Crippen LogP contribution in [0.5, 0.6) is 5.75 Å². The third-order valence-electron chi connectivity index (χ3n) is 15.4. The molecule has 4 aromatic carbocycles. The molecule has 6 N–H and O–H groups in total. The highest BCUT2D eigenvalue weighted by Crippen LogP contribution is 2.46. The average Bonchev–Trinajstić information content (AvgIpc) is 3.89. The highest BCUT2D eigenvalue weighted by Gasteiger charge is 2.43. The van der Waals surface area contributed by atoms with Crippen LogP contribution in [0, 0.1) is 35.0 Å². The lowest BCUT2D eigenvalue weighted by Gasteiger charge is -2.41. The number of halogens is 6. The van der Waals surface area contributed by atoms with Crippen LogP contribution < -0.4 is 26.0 Å². The minimum Gasteiger partial charge on any atom is -0.392 e. The van der Waals surface area contributed by atoms with E-state index in [0.717, 1.165) is 133 Å². The number of rotatable bonds is 8. The number of β-amino-alcohol motifs (C(OH)–C–C–N with tert-alkyl or cyclic N) is 2. The molecule has 6 aliphatic rings. The van der Waals surface area contributed by atoms with E-state index in [4.69, 9.17) is 51.7 Å². The van der Waals surface area contributed by atoms with Crippen LogP contribution in [-0.2, 0) is 10.8 Å². The van der Waals surface area contributed by atoms with Crippen molar-refractivity contribution in [1.29, 1.82) is 5.26 Å². The number of carbonyl (C=O) groups is 1.